The van der Waals surface area contributed by atoms with Crippen LogP contribution in [0.4, 0.5) is 0 Å². The highest BCUT2D eigenvalue weighted by molar-refractivity contribution is 6.15. The van der Waals surface area contributed by atoms with Gasteiger partial charge >= 0.3 is 0 Å². The van der Waals surface area contributed by atoms with Crippen LogP contribution in [-0.4, -0.2) is 20.3 Å². The third-order valence-electron chi connectivity index (χ3n) is 4.06. The predicted molar refractivity (Wildman–Crippen MR) is 87.1 cm³/mol. The molecule has 22 heavy (non-hydrogen) atoms. The highest BCUT2D eigenvalue weighted by Crippen LogP contribution is 2.29. The fourth-order valence-corrected chi connectivity index (χ4v) is 2.94. The molecule has 108 valence electrons. The van der Waals surface area contributed by atoms with Gasteiger partial charge in [-0.2, -0.15) is 5.10 Å². The molecule has 0 saturated carbocycles. The molecule has 4 heteroatoms. The molecule has 0 N–H and O–H groups in total. The van der Waals surface area contributed by atoms with Crippen molar-refractivity contribution >= 4 is 27.8 Å². The summed E-state index contributed by atoms with van der Waals surface area (Å²) in [6, 6.07) is 15.6. The minimum atomic E-state index is -0.0285. The first kappa shape index (κ1) is 12.8. The quantitative estimate of drug-likeness (QED) is 0.538. The molecule has 4 aromatic rings. The molecule has 4 nitrogen and oxygen atoms in total. The van der Waals surface area contributed by atoms with Crippen molar-refractivity contribution in [3.05, 3.63) is 65.9 Å². The fraction of sp³-hybridized carbons (Fsp3) is 0.111. The molecule has 0 amide bonds. The number of carbonyl (C=O) groups is 1. The topological polar surface area (TPSA) is 39.8 Å². The first-order valence-corrected chi connectivity index (χ1v) is 7.19. The van der Waals surface area contributed by atoms with E-state index < -0.39 is 0 Å². The third-order valence-corrected chi connectivity index (χ3v) is 4.06. The lowest BCUT2D eigenvalue weighted by molar-refractivity contribution is 0.0969. The van der Waals surface area contributed by atoms with E-state index in [0.29, 0.717) is 5.56 Å². The molecule has 0 aliphatic rings. The molecule has 2 heterocycles. The first-order valence-electron chi connectivity index (χ1n) is 7.19. The van der Waals surface area contributed by atoms with Crippen LogP contribution in [0.1, 0.15) is 15.9 Å². The van der Waals surface area contributed by atoms with E-state index in [-0.39, 0.29) is 5.91 Å². The van der Waals surface area contributed by atoms with Gasteiger partial charge in [-0.15, -0.1) is 0 Å². The van der Waals surface area contributed by atoms with Gasteiger partial charge in [-0.05, 0) is 25.1 Å². The summed E-state index contributed by atoms with van der Waals surface area (Å²) in [5.74, 6) is -0.0285. The van der Waals surface area contributed by atoms with Gasteiger partial charge in [-0.3, -0.25) is 14.0 Å². The summed E-state index contributed by atoms with van der Waals surface area (Å²) >= 11 is 0. The Hall–Kier alpha value is -2.88. The maximum absolute atomic E-state index is 13.0. The highest BCUT2D eigenvalue weighted by Gasteiger charge is 2.19. The maximum Gasteiger partial charge on any atom is 0.262 e. The lowest BCUT2D eigenvalue weighted by Crippen LogP contribution is -2.11. The van der Waals surface area contributed by atoms with Crippen LogP contribution < -0.4 is 0 Å². The van der Waals surface area contributed by atoms with E-state index in [0.717, 1.165) is 27.5 Å². The van der Waals surface area contributed by atoms with E-state index in [4.69, 9.17) is 0 Å². The summed E-state index contributed by atoms with van der Waals surface area (Å²) in [5.41, 5.74) is 4.55. The molecule has 2 aromatic heterocycles. The summed E-state index contributed by atoms with van der Waals surface area (Å²) < 4.78 is 3.57. The van der Waals surface area contributed by atoms with Gasteiger partial charge in [0.15, 0.2) is 0 Å². The van der Waals surface area contributed by atoms with Crippen molar-refractivity contribution in [1.82, 2.24) is 14.3 Å². The largest absolute Gasteiger partial charge is 0.272 e. The van der Waals surface area contributed by atoms with Crippen molar-refractivity contribution < 1.29 is 4.79 Å². The number of para-hydroxylation sites is 1. The number of aryl methyl sites for hydroxylation is 2. The molecule has 0 saturated heterocycles. The fourth-order valence-electron chi connectivity index (χ4n) is 2.94. The number of hydrogen-bond donors (Lipinski definition) is 0. The monoisotopic (exact) mass is 289 g/mol. The molecule has 0 fully saturated rings. The van der Waals surface area contributed by atoms with E-state index in [1.54, 1.807) is 10.8 Å². The second-order valence-electron chi connectivity index (χ2n) is 5.53. The van der Waals surface area contributed by atoms with E-state index in [9.17, 15) is 4.79 Å². The minimum absolute atomic E-state index is 0.0285. The second-order valence-corrected chi connectivity index (χ2v) is 5.53. The first-order chi connectivity index (χ1) is 10.7. The van der Waals surface area contributed by atoms with Crippen molar-refractivity contribution in [2.75, 3.05) is 0 Å². The Morgan fingerprint density at radius 3 is 2.50 bits per heavy atom. The smallest absolute Gasteiger partial charge is 0.262 e. The van der Waals surface area contributed by atoms with E-state index in [1.165, 1.54) is 0 Å². The molecular formula is C18H15N3O. The molecule has 0 radical (unpaired) electrons. The Kier molecular flexibility index (Phi) is 2.66. The van der Waals surface area contributed by atoms with E-state index in [2.05, 4.69) is 5.10 Å². The van der Waals surface area contributed by atoms with Gasteiger partial charge in [0.05, 0.1) is 22.7 Å². The van der Waals surface area contributed by atoms with Crippen molar-refractivity contribution in [1.29, 1.82) is 0 Å². The van der Waals surface area contributed by atoms with Crippen molar-refractivity contribution in [2.45, 2.75) is 6.92 Å². The van der Waals surface area contributed by atoms with Crippen molar-refractivity contribution in [2.24, 2.45) is 7.05 Å². The number of rotatable bonds is 1. The van der Waals surface area contributed by atoms with Crippen LogP contribution in [0.5, 0.6) is 0 Å². The van der Waals surface area contributed by atoms with Crippen molar-refractivity contribution in [3.63, 3.8) is 0 Å². The number of benzene rings is 2. The Morgan fingerprint density at radius 2 is 1.73 bits per heavy atom. The lowest BCUT2D eigenvalue weighted by atomic mass is 10.1. The van der Waals surface area contributed by atoms with Gasteiger partial charge in [-0.1, -0.05) is 35.9 Å². The molecule has 0 aliphatic carbocycles. The predicted octanol–water partition coefficient (Wildman–Crippen LogP) is 3.52. The molecular weight excluding hydrogens is 274 g/mol. The third kappa shape index (κ3) is 1.70. The molecule has 2 aromatic carbocycles. The number of hydrogen-bond acceptors (Lipinski definition) is 2. The Balaban J connectivity index is 2.04. The Bertz CT molecular complexity index is 1010. The molecule has 0 atom stereocenters. The second kappa shape index (κ2) is 4.56. The summed E-state index contributed by atoms with van der Waals surface area (Å²) in [5, 5.41) is 5.34. The van der Waals surface area contributed by atoms with Gasteiger partial charge < -0.3 is 0 Å². The van der Waals surface area contributed by atoms with Gasteiger partial charge in [0.25, 0.3) is 5.91 Å². The molecule has 0 unspecified atom stereocenters. The van der Waals surface area contributed by atoms with E-state index >= 15 is 0 Å². The van der Waals surface area contributed by atoms with Crippen LogP contribution in [0.15, 0.2) is 54.7 Å². The highest BCUT2D eigenvalue weighted by atomic mass is 16.2. The average Bonchev–Trinajstić information content (AvgIpc) is 3.06. The lowest BCUT2D eigenvalue weighted by Gasteiger charge is -2.05. The van der Waals surface area contributed by atoms with Crippen LogP contribution in [0, 0.1) is 6.92 Å². The zero-order chi connectivity index (χ0) is 15.3. The van der Waals surface area contributed by atoms with Crippen LogP contribution >= 0.6 is 0 Å². The SMILES string of the molecule is Cc1ccc(C(=O)n2c3ccccc3c3c2cnn3C)cc1. The summed E-state index contributed by atoms with van der Waals surface area (Å²) in [7, 11) is 1.90. The zero-order valence-corrected chi connectivity index (χ0v) is 12.4. The van der Waals surface area contributed by atoms with Crippen LogP contribution in [0.3, 0.4) is 0 Å². The summed E-state index contributed by atoms with van der Waals surface area (Å²) in [6.07, 6.45) is 1.75. The molecule has 4 rings (SSSR count). The minimum Gasteiger partial charge on any atom is -0.272 e. The average molecular weight is 289 g/mol. The number of nitrogens with zero attached hydrogens (tertiary/aromatic N) is 3. The molecule has 0 bridgehead atoms. The maximum atomic E-state index is 13.0. The normalized spacial score (nSPS) is 11.4. The summed E-state index contributed by atoms with van der Waals surface area (Å²) in [6.45, 7) is 2.01. The Morgan fingerprint density at radius 1 is 1.00 bits per heavy atom. The van der Waals surface area contributed by atoms with Crippen LogP contribution in [0.2, 0.25) is 0 Å². The molecule has 0 aliphatic heterocycles. The van der Waals surface area contributed by atoms with Crippen LogP contribution in [0.25, 0.3) is 21.9 Å². The number of carbonyl (C=O) groups excluding carboxylic acids is 1. The van der Waals surface area contributed by atoms with E-state index in [1.807, 2.05) is 67.2 Å². The standard InChI is InChI=1S/C18H15N3O/c1-12-7-9-13(10-8-12)18(22)21-15-6-4-3-5-14(15)17-16(21)11-19-20(17)2/h3-11H,1-2H3. The molecule has 0 spiro atoms. The summed E-state index contributed by atoms with van der Waals surface area (Å²) in [4.78, 5) is 13.0. The zero-order valence-electron chi connectivity index (χ0n) is 12.4. The van der Waals surface area contributed by atoms with Gasteiger partial charge in [0.1, 0.15) is 0 Å². The number of fused-ring (bicyclic) bond motifs is 3. The van der Waals surface area contributed by atoms with Crippen LogP contribution in [-0.2, 0) is 7.05 Å². The van der Waals surface area contributed by atoms with Crippen molar-refractivity contribution in [3.8, 4) is 0 Å². The Labute approximate surface area is 127 Å². The van der Waals surface area contributed by atoms with Gasteiger partial charge in [-0.25, -0.2) is 0 Å². The van der Waals surface area contributed by atoms with Gasteiger partial charge in [0, 0.05) is 18.0 Å². The number of aromatic nitrogens is 3. The van der Waals surface area contributed by atoms with Gasteiger partial charge in [0.2, 0.25) is 0 Å².